The van der Waals surface area contributed by atoms with E-state index in [1.165, 1.54) is 12.1 Å². The van der Waals surface area contributed by atoms with Crippen molar-refractivity contribution in [1.29, 1.82) is 0 Å². The normalized spacial score (nSPS) is 10.6. The van der Waals surface area contributed by atoms with Gasteiger partial charge >= 0.3 is 0 Å². The molecule has 0 atom stereocenters. The van der Waals surface area contributed by atoms with Crippen LogP contribution in [0.2, 0.25) is 0 Å². The van der Waals surface area contributed by atoms with Crippen LogP contribution >= 0.6 is 0 Å². The maximum atomic E-state index is 12.8. The standard InChI is InChI=1S/C12H18FNO2/c1-15-7-8-16-6-5-14-10-11-3-2-4-12(13)9-11/h2-4,9,14H,5-8,10H2,1H3. The molecule has 0 radical (unpaired) electrons. The summed E-state index contributed by atoms with van der Waals surface area (Å²) in [6.45, 7) is 3.27. The lowest BCUT2D eigenvalue weighted by molar-refractivity contribution is 0.0719. The molecule has 1 aromatic carbocycles. The maximum absolute atomic E-state index is 12.8. The van der Waals surface area contributed by atoms with Gasteiger partial charge in [-0.1, -0.05) is 12.1 Å². The Bertz CT molecular complexity index is 294. The number of methoxy groups -OCH3 is 1. The van der Waals surface area contributed by atoms with Gasteiger partial charge in [-0.2, -0.15) is 0 Å². The Morgan fingerprint density at radius 2 is 2.12 bits per heavy atom. The fraction of sp³-hybridized carbons (Fsp3) is 0.500. The summed E-state index contributed by atoms with van der Waals surface area (Å²) in [6, 6.07) is 6.57. The smallest absolute Gasteiger partial charge is 0.123 e. The molecule has 0 unspecified atom stereocenters. The lowest BCUT2D eigenvalue weighted by Gasteiger charge is -2.06. The monoisotopic (exact) mass is 227 g/mol. The van der Waals surface area contributed by atoms with Crippen LogP contribution in [0.15, 0.2) is 24.3 Å². The van der Waals surface area contributed by atoms with Gasteiger partial charge in [0.25, 0.3) is 0 Å². The minimum absolute atomic E-state index is 0.198. The molecule has 0 bridgehead atoms. The summed E-state index contributed by atoms with van der Waals surface area (Å²) in [4.78, 5) is 0. The molecule has 1 rings (SSSR count). The number of benzene rings is 1. The number of halogens is 1. The average Bonchev–Trinajstić information content (AvgIpc) is 2.28. The Morgan fingerprint density at radius 1 is 1.25 bits per heavy atom. The molecule has 0 aliphatic heterocycles. The molecule has 0 fully saturated rings. The van der Waals surface area contributed by atoms with Gasteiger partial charge in [0.05, 0.1) is 19.8 Å². The largest absolute Gasteiger partial charge is 0.382 e. The Labute approximate surface area is 95.6 Å². The average molecular weight is 227 g/mol. The summed E-state index contributed by atoms with van der Waals surface area (Å²) in [5.74, 6) is -0.198. The lowest BCUT2D eigenvalue weighted by atomic mass is 10.2. The van der Waals surface area contributed by atoms with Crippen molar-refractivity contribution in [1.82, 2.24) is 5.32 Å². The minimum atomic E-state index is -0.198. The molecule has 0 spiro atoms. The predicted molar refractivity (Wildman–Crippen MR) is 60.8 cm³/mol. The van der Waals surface area contributed by atoms with Crippen molar-refractivity contribution in [3.63, 3.8) is 0 Å². The second kappa shape index (κ2) is 8.21. The summed E-state index contributed by atoms with van der Waals surface area (Å²) in [6.07, 6.45) is 0. The van der Waals surface area contributed by atoms with E-state index in [-0.39, 0.29) is 5.82 Å². The van der Waals surface area contributed by atoms with Crippen LogP contribution in [0.3, 0.4) is 0 Å². The van der Waals surface area contributed by atoms with Crippen molar-refractivity contribution >= 4 is 0 Å². The molecule has 0 saturated heterocycles. The van der Waals surface area contributed by atoms with E-state index in [2.05, 4.69) is 5.32 Å². The van der Waals surface area contributed by atoms with E-state index >= 15 is 0 Å². The zero-order chi connectivity index (χ0) is 11.6. The van der Waals surface area contributed by atoms with Crippen molar-refractivity contribution in [3.8, 4) is 0 Å². The first-order valence-corrected chi connectivity index (χ1v) is 5.35. The third-order valence-corrected chi connectivity index (χ3v) is 2.07. The molecule has 0 amide bonds. The molecule has 90 valence electrons. The van der Waals surface area contributed by atoms with Crippen molar-refractivity contribution in [2.45, 2.75) is 6.54 Å². The van der Waals surface area contributed by atoms with Crippen molar-refractivity contribution in [2.24, 2.45) is 0 Å². The van der Waals surface area contributed by atoms with Crippen LogP contribution in [-0.2, 0) is 16.0 Å². The quantitative estimate of drug-likeness (QED) is 0.684. The zero-order valence-corrected chi connectivity index (χ0v) is 9.54. The van der Waals surface area contributed by atoms with Gasteiger partial charge in [0.15, 0.2) is 0 Å². The van der Waals surface area contributed by atoms with E-state index < -0.39 is 0 Å². The lowest BCUT2D eigenvalue weighted by Crippen LogP contribution is -2.20. The second-order valence-corrected chi connectivity index (χ2v) is 3.41. The van der Waals surface area contributed by atoms with Gasteiger partial charge in [0, 0.05) is 20.2 Å². The first kappa shape index (κ1) is 13.1. The molecule has 16 heavy (non-hydrogen) atoms. The van der Waals surface area contributed by atoms with E-state index in [0.717, 1.165) is 12.1 Å². The van der Waals surface area contributed by atoms with E-state index in [1.54, 1.807) is 13.2 Å². The van der Waals surface area contributed by atoms with Gasteiger partial charge in [-0.15, -0.1) is 0 Å². The summed E-state index contributed by atoms with van der Waals surface area (Å²) in [5, 5.41) is 3.17. The molecule has 0 heterocycles. The third-order valence-electron chi connectivity index (χ3n) is 2.07. The summed E-state index contributed by atoms with van der Waals surface area (Å²) in [5.41, 5.74) is 0.942. The Balaban J connectivity index is 2.03. The predicted octanol–water partition coefficient (Wildman–Crippen LogP) is 1.58. The highest BCUT2D eigenvalue weighted by molar-refractivity contribution is 5.15. The highest BCUT2D eigenvalue weighted by Crippen LogP contribution is 2.02. The molecule has 0 saturated carbocycles. The molecule has 4 heteroatoms. The molecule has 1 N–H and O–H groups in total. The fourth-order valence-corrected chi connectivity index (χ4v) is 1.27. The molecular weight excluding hydrogens is 209 g/mol. The maximum Gasteiger partial charge on any atom is 0.123 e. The van der Waals surface area contributed by atoms with E-state index in [4.69, 9.17) is 9.47 Å². The number of hydrogen-bond donors (Lipinski definition) is 1. The van der Waals surface area contributed by atoms with Gasteiger partial charge in [-0.25, -0.2) is 4.39 Å². The van der Waals surface area contributed by atoms with Crippen LogP contribution < -0.4 is 5.32 Å². The van der Waals surface area contributed by atoms with E-state index in [0.29, 0.717) is 26.4 Å². The van der Waals surface area contributed by atoms with Crippen LogP contribution in [0.4, 0.5) is 4.39 Å². The molecule has 0 aliphatic carbocycles. The molecule has 1 aromatic rings. The highest BCUT2D eigenvalue weighted by Gasteiger charge is 1.94. The van der Waals surface area contributed by atoms with Crippen molar-refractivity contribution in [3.05, 3.63) is 35.6 Å². The van der Waals surface area contributed by atoms with Gasteiger partial charge in [-0.05, 0) is 17.7 Å². The van der Waals surface area contributed by atoms with Gasteiger partial charge in [0.1, 0.15) is 5.82 Å². The van der Waals surface area contributed by atoms with E-state index in [1.807, 2.05) is 6.07 Å². The fourth-order valence-electron chi connectivity index (χ4n) is 1.27. The zero-order valence-electron chi connectivity index (χ0n) is 9.54. The van der Waals surface area contributed by atoms with E-state index in [9.17, 15) is 4.39 Å². The summed E-state index contributed by atoms with van der Waals surface area (Å²) < 4.78 is 22.9. The van der Waals surface area contributed by atoms with Crippen LogP contribution in [0, 0.1) is 5.82 Å². The number of hydrogen-bond acceptors (Lipinski definition) is 3. The van der Waals surface area contributed by atoms with Crippen LogP contribution in [-0.4, -0.2) is 33.5 Å². The van der Waals surface area contributed by atoms with Gasteiger partial charge < -0.3 is 14.8 Å². The SMILES string of the molecule is COCCOCCNCc1cccc(F)c1. The number of rotatable bonds is 8. The molecule has 0 aromatic heterocycles. The Hall–Kier alpha value is -0.970. The van der Waals surface area contributed by atoms with Crippen LogP contribution in [0.5, 0.6) is 0 Å². The van der Waals surface area contributed by atoms with Crippen molar-refractivity contribution < 1.29 is 13.9 Å². The second-order valence-electron chi connectivity index (χ2n) is 3.41. The molecule has 3 nitrogen and oxygen atoms in total. The van der Waals surface area contributed by atoms with Gasteiger partial charge in [0.2, 0.25) is 0 Å². The highest BCUT2D eigenvalue weighted by atomic mass is 19.1. The first-order chi connectivity index (χ1) is 7.83. The molecular formula is C12H18FNO2. The topological polar surface area (TPSA) is 30.5 Å². The number of ether oxygens (including phenoxy) is 2. The molecule has 0 aliphatic rings. The Kier molecular flexibility index (Phi) is 6.72. The van der Waals surface area contributed by atoms with Gasteiger partial charge in [-0.3, -0.25) is 0 Å². The number of nitrogens with one attached hydrogen (secondary N) is 1. The van der Waals surface area contributed by atoms with Crippen molar-refractivity contribution in [2.75, 3.05) is 33.5 Å². The van der Waals surface area contributed by atoms with Crippen LogP contribution in [0.1, 0.15) is 5.56 Å². The third kappa shape index (κ3) is 5.80. The summed E-state index contributed by atoms with van der Waals surface area (Å²) >= 11 is 0. The first-order valence-electron chi connectivity index (χ1n) is 5.35. The van der Waals surface area contributed by atoms with Crippen LogP contribution in [0.25, 0.3) is 0 Å². The summed E-state index contributed by atoms with van der Waals surface area (Å²) in [7, 11) is 1.64. The minimum Gasteiger partial charge on any atom is -0.382 e. The Morgan fingerprint density at radius 3 is 2.88 bits per heavy atom.